The maximum Gasteiger partial charge on any atom is 0.251 e. The van der Waals surface area contributed by atoms with Crippen LogP contribution in [0.25, 0.3) is 0 Å². The summed E-state index contributed by atoms with van der Waals surface area (Å²) in [5.74, 6) is 0.501. The fourth-order valence-electron chi connectivity index (χ4n) is 2.66. The zero-order valence-corrected chi connectivity index (χ0v) is 12.6. The summed E-state index contributed by atoms with van der Waals surface area (Å²) in [6.07, 6.45) is 0. The number of likely N-dealkylation sites (tertiary alicyclic amines) is 1. The van der Waals surface area contributed by atoms with Gasteiger partial charge in [0.2, 0.25) is 0 Å². The van der Waals surface area contributed by atoms with Crippen molar-refractivity contribution in [1.82, 2.24) is 10.2 Å². The van der Waals surface area contributed by atoms with Crippen LogP contribution in [0.3, 0.4) is 0 Å². The maximum atomic E-state index is 12.3. The van der Waals surface area contributed by atoms with Crippen molar-refractivity contribution in [2.45, 2.75) is 39.4 Å². The van der Waals surface area contributed by atoms with Crippen molar-refractivity contribution in [3.63, 3.8) is 0 Å². The molecule has 4 heteroatoms. The van der Waals surface area contributed by atoms with Crippen LogP contribution in [0.2, 0.25) is 0 Å². The highest BCUT2D eigenvalue weighted by atomic mass is 16.1. The molecule has 0 saturated carbocycles. The Morgan fingerprint density at radius 3 is 2.50 bits per heavy atom. The van der Waals surface area contributed by atoms with E-state index in [2.05, 4.69) is 31.0 Å². The van der Waals surface area contributed by atoms with Crippen LogP contribution in [0.15, 0.2) is 24.3 Å². The molecule has 110 valence electrons. The Kier molecular flexibility index (Phi) is 4.78. The molecule has 0 aliphatic carbocycles. The third kappa shape index (κ3) is 3.38. The minimum absolute atomic E-state index is 0.0102. The van der Waals surface area contributed by atoms with Gasteiger partial charge in [0.05, 0.1) is 0 Å². The monoisotopic (exact) mass is 275 g/mol. The zero-order chi connectivity index (χ0) is 14.7. The van der Waals surface area contributed by atoms with Gasteiger partial charge in [-0.2, -0.15) is 0 Å². The molecule has 0 radical (unpaired) electrons. The third-order valence-electron chi connectivity index (χ3n) is 4.14. The standard InChI is InChI=1S/C16H25N3O/c1-11(2)19-9-12(3)15(10-19)18-16(20)14-6-4-13(8-17)5-7-14/h4-7,11-12,15H,8-10,17H2,1-3H3,(H,18,20). The van der Waals surface area contributed by atoms with Crippen LogP contribution >= 0.6 is 0 Å². The number of carbonyl (C=O) groups is 1. The Bertz CT molecular complexity index is 455. The molecule has 1 saturated heterocycles. The van der Waals surface area contributed by atoms with Crippen molar-refractivity contribution in [2.75, 3.05) is 13.1 Å². The number of hydrogen-bond donors (Lipinski definition) is 2. The second-order valence-corrected chi connectivity index (χ2v) is 6.01. The number of nitrogens with two attached hydrogens (primary N) is 1. The second kappa shape index (κ2) is 6.37. The van der Waals surface area contributed by atoms with Crippen molar-refractivity contribution in [2.24, 2.45) is 11.7 Å². The summed E-state index contributed by atoms with van der Waals surface area (Å²) in [5, 5.41) is 3.16. The Morgan fingerprint density at radius 1 is 1.35 bits per heavy atom. The van der Waals surface area contributed by atoms with E-state index < -0.39 is 0 Å². The average Bonchev–Trinajstić information content (AvgIpc) is 2.80. The van der Waals surface area contributed by atoms with E-state index in [1.54, 1.807) is 0 Å². The normalized spacial score (nSPS) is 23.2. The van der Waals surface area contributed by atoms with Gasteiger partial charge in [-0.25, -0.2) is 0 Å². The molecule has 1 amide bonds. The lowest BCUT2D eigenvalue weighted by atomic mass is 10.1. The topological polar surface area (TPSA) is 58.4 Å². The van der Waals surface area contributed by atoms with E-state index in [4.69, 9.17) is 5.73 Å². The second-order valence-electron chi connectivity index (χ2n) is 6.01. The van der Waals surface area contributed by atoms with Crippen LogP contribution in [0.4, 0.5) is 0 Å². The van der Waals surface area contributed by atoms with Crippen molar-refractivity contribution < 1.29 is 4.79 Å². The molecule has 0 aromatic heterocycles. The van der Waals surface area contributed by atoms with Crippen molar-refractivity contribution in [3.8, 4) is 0 Å². The molecule has 2 unspecified atom stereocenters. The molecule has 0 spiro atoms. The Balaban J connectivity index is 1.97. The molecule has 0 bridgehead atoms. The number of carbonyl (C=O) groups excluding carboxylic acids is 1. The third-order valence-corrected chi connectivity index (χ3v) is 4.14. The van der Waals surface area contributed by atoms with Gasteiger partial charge in [0.25, 0.3) is 5.91 Å². The van der Waals surface area contributed by atoms with Crippen LogP contribution in [-0.4, -0.2) is 36.0 Å². The summed E-state index contributed by atoms with van der Waals surface area (Å²) in [5.41, 5.74) is 7.31. The van der Waals surface area contributed by atoms with E-state index in [0.29, 0.717) is 24.1 Å². The molecule has 1 fully saturated rings. The Hall–Kier alpha value is -1.39. The molecule has 4 nitrogen and oxygen atoms in total. The maximum absolute atomic E-state index is 12.3. The molecule has 1 heterocycles. The van der Waals surface area contributed by atoms with Crippen LogP contribution in [-0.2, 0) is 6.54 Å². The van der Waals surface area contributed by atoms with Gasteiger partial charge in [0.15, 0.2) is 0 Å². The Labute approximate surface area is 121 Å². The van der Waals surface area contributed by atoms with Gasteiger partial charge in [-0.05, 0) is 37.5 Å². The first kappa shape index (κ1) is 15.0. The number of hydrogen-bond acceptors (Lipinski definition) is 3. The van der Waals surface area contributed by atoms with Crippen molar-refractivity contribution >= 4 is 5.91 Å². The summed E-state index contributed by atoms with van der Waals surface area (Å²) < 4.78 is 0. The molecular formula is C16H25N3O. The number of amides is 1. The lowest BCUT2D eigenvalue weighted by Gasteiger charge is -2.20. The smallest absolute Gasteiger partial charge is 0.251 e. The van der Waals surface area contributed by atoms with Crippen LogP contribution in [0.1, 0.15) is 36.7 Å². The summed E-state index contributed by atoms with van der Waals surface area (Å²) in [6.45, 7) is 9.08. The molecule has 2 rings (SSSR count). The first-order valence-electron chi connectivity index (χ1n) is 7.35. The fraction of sp³-hybridized carbons (Fsp3) is 0.562. The highest BCUT2D eigenvalue weighted by Gasteiger charge is 2.31. The number of benzene rings is 1. The van der Waals surface area contributed by atoms with E-state index >= 15 is 0 Å². The highest BCUT2D eigenvalue weighted by molar-refractivity contribution is 5.94. The molecule has 20 heavy (non-hydrogen) atoms. The lowest BCUT2D eigenvalue weighted by Crippen LogP contribution is -2.40. The SMILES string of the molecule is CC1CN(C(C)C)CC1NC(=O)c1ccc(CN)cc1. The molecule has 1 aromatic rings. The predicted octanol–water partition coefficient (Wildman–Crippen LogP) is 1.60. The predicted molar refractivity (Wildman–Crippen MR) is 81.5 cm³/mol. The van der Waals surface area contributed by atoms with Gasteiger partial charge in [-0.15, -0.1) is 0 Å². The summed E-state index contributed by atoms with van der Waals surface area (Å²) >= 11 is 0. The Morgan fingerprint density at radius 2 is 2.00 bits per heavy atom. The van der Waals surface area contributed by atoms with Gasteiger partial charge in [0.1, 0.15) is 0 Å². The van der Waals surface area contributed by atoms with Gasteiger partial charge >= 0.3 is 0 Å². The largest absolute Gasteiger partial charge is 0.348 e. The number of nitrogens with one attached hydrogen (secondary N) is 1. The van der Waals surface area contributed by atoms with Crippen LogP contribution in [0.5, 0.6) is 0 Å². The number of nitrogens with zero attached hydrogens (tertiary/aromatic N) is 1. The minimum Gasteiger partial charge on any atom is -0.348 e. The summed E-state index contributed by atoms with van der Waals surface area (Å²) in [4.78, 5) is 14.7. The van der Waals surface area contributed by atoms with E-state index in [0.717, 1.165) is 18.7 Å². The van der Waals surface area contributed by atoms with Crippen molar-refractivity contribution in [3.05, 3.63) is 35.4 Å². The molecule has 1 aromatic carbocycles. The van der Waals surface area contributed by atoms with E-state index in [9.17, 15) is 4.79 Å². The highest BCUT2D eigenvalue weighted by Crippen LogP contribution is 2.19. The quantitative estimate of drug-likeness (QED) is 0.877. The fourth-order valence-corrected chi connectivity index (χ4v) is 2.66. The molecule has 2 atom stereocenters. The first-order valence-corrected chi connectivity index (χ1v) is 7.35. The minimum atomic E-state index is 0.0102. The van der Waals surface area contributed by atoms with Crippen LogP contribution in [0, 0.1) is 5.92 Å². The molecule has 1 aliphatic rings. The summed E-state index contributed by atoms with van der Waals surface area (Å²) in [7, 11) is 0. The van der Waals surface area contributed by atoms with Crippen LogP contribution < -0.4 is 11.1 Å². The molecule has 1 aliphatic heterocycles. The van der Waals surface area contributed by atoms with E-state index in [1.165, 1.54) is 0 Å². The van der Waals surface area contributed by atoms with E-state index in [1.807, 2.05) is 24.3 Å². The average molecular weight is 275 g/mol. The van der Waals surface area contributed by atoms with Gasteiger partial charge < -0.3 is 11.1 Å². The lowest BCUT2D eigenvalue weighted by molar-refractivity contribution is 0.0930. The van der Waals surface area contributed by atoms with Gasteiger partial charge in [-0.3, -0.25) is 9.69 Å². The zero-order valence-electron chi connectivity index (χ0n) is 12.6. The molecular weight excluding hydrogens is 250 g/mol. The number of rotatable bonds is 4. The summed E-state index contributed by atoms with van der Waals surface area (Å²) in [6, 6.07) is 8.28. The molecule has 3 N–H and O–H groups in total. The van der Waals surface area contributed by atoms with Gasteiger partial charge in [-0.1, -0.05) is 19.1 Å². The van der Waals surface area contributed by atoms with Crippen molar-refractivity contribution in [1.29, 1.82) is 0 Å². The van der Waals surface area contributed by atoms with Gasteiger partial charge in [0, 0.05) is 37.3 Å². The van der Waals surface area contributed by atoms with E-state index in [-0.39, 0.29) is 11.9 Å². The first-order chi connectivity index (χ1) is 9.51.